The van der Waals surface area contributed by atoms with Crippen molar-refractivity contribution < 1.29 is 23.2 Å². The quantitative estimate of drug-likeness (QED) is 0.556. The van der Waals surface area contributed by atoms with Crippen molar-refractivity contribution in [1.82, 2.24) is 14.5 Å². The molecule has 1 atom stereocenters. The molecular weight excluding hydrogens is 415 g/mol. The number of alkyl halides is 3. The second kappa shape index (κ2) is 8.56. The molecule has 29 heavy (non-hydrogen) atoms. The van der Waals surface area contributed by atoms with Crippen molar-refractivity contribution in [3.63, 3.8) is 0 Å². The summed E-state index contributed by atoms with van der Waals surface area (Å²) in [6.07, 6.45) is -3.99. The summed E-state index contributed by atoms with van der Waals surface area (Å²) < 4.78 is 39.3. The number of hydrogen-bond donors (Lipinski definition) is 1. The van der Waals surface area contributed by atoms with E-state index in [0.717, 1.165) is 17.8 Å². The number of hydrogen-bond acceptors (Lipinski definition) is 6. The minimum atomic E-state index is -4.36. The van der Waals surface area contributed by atoms with Gasteiger partial charge in [-0.15, -0.1) is 0 Å². The molecule has 1 unspecified atom stereocenters. The maximum atomic E-state index is 12.7. The van der Waals surface area contributed by atoms with Gasteiger partial charge in [0.05, 0.1) is 18.2 Å². The molecule has 0 aliphatic carbocycles. The topological polar surface area (TPSA) is 87.7 Å². The Kier molecular flexibility index (Phi) is 6.30. The van der Waals surface area contributed by atoms with Gasteiger partial charge in [0.2, 0.25) is 0 Å². The van der Waals surface area contributed by atoms with Crippen LogP contribution in [0.1, 0.15) is 5.56 Å². The molecule has 2 heterocycles. The lowest BCUT2D eigenvalue weighted by molar-refractivity contribution is -0.389. The first kappa shape index (κ1) is 21.3. The zero-order chi connectivity index (χ0) is 21.2. The van der Waals surface area contributed by atoms with E-state index in [1.54, 1.807) is 0 Å². The van der Waals surface area contributed by atoms with Gasteiger partial charge in [-0.25, -0.2) is 0 Å². The Balaban J connectivity index is 1.50. The molecule has 0 saturated carbocycles. The predicted octanol–water partition coefficient (Wildman–Crippen LogP) is 2.65. The van der Waals surface area contributed by atoms with E-state index in [0.29, 0.717) is 32.7 Å². The number of nitro groups is 1. The van der Waals surface area contributed by atoms with Crippen LogP contribution in [0.5, 0.6) is 0 Å². The molecule has 2 aromatic rings. The zero-order valence-corrected chi connectivity index (χ0v) is 16.0. The average molecular weight is 434 g/mol. The Labute approximate surface area is 169 Å². The summed E-state index contributed by atoms with van der Waals surface area (Å²) in [7, 11) is 0. The number of anilines is 1. The highest BCUT2D eigenvalue weighted by atomic mass is 35.5. The number of β-amino-alcohol motifs (C(OH)–C–C–N with tert-alkyl or cyclic N) is 1. The van der Waals surface area contributed by atoms with Crippen molar-refractivity contribution in [3.8, 4) is 0 Å². The van der Waals surface area contributed by atoms with Crippen LogP contribution in [0.4, 0.5) is 24.7 Å². The molecule has 1 saturated heterocycles. The number of nitrogens with zero attached hydrogens (tertiary/aromatic N) is 5. The van der Waals surface area contributed by atoms with E-state index in [1.165, 1.54) is 22.9 Å². The molecular formula is C17H19ClF3N5O3. The summed E-state index contributed by atoms with van der Waals surface area (Å²) in [4.78, 5) is 17.7. The maximum Gasteiger partial charge on any atom is 0.416 e. The van der Waals surface area contributed by atoms with Crippen LogP contribution in [0.25, 0.3) is 0 Å². The van der Waals surface area contributed by atoms with Crippen molar-refractivity contribution in [2.24, 2.45) is 0 Å². The molecule has 1 fully saturated rings. The van der Waals surface area contributed by atoms with Crippen LogP contribution in [-0.2, 0) is 12.7 Å². The van der Waals surface area contributed by atoms with E-state index < -0.39 is 22.8 Å². The maximum absolute atomic E-state index is 12.7. The van der Waals surface area contributed by atoms with E-state index in [4.69, 9.17) is 11.6 Å². The van der Waals surface area contributed by atoms with E-state index in [1.807, 2.05) is 9.80 Å². The summed E-state index contributed by atoms with van der Waals surface area (Å²) in [5, 5.41) is 20.9. The van der Waals surface area contributed by atoms with Gasteiger partial charge in [0.1, 0.15) is 6.20 Å². The van der Waals surface area contributed by atoms with Gasteiger partial charge in [-0.05, 0) is 45.8 Å². The summed E-state index contributed by atoms with van der Waals surface area (Å²) in [5.41, 5.74) is 0.0390. The van der Waals surface area contributed by atoms with Crippen LogP contribution in [0, 0.1) is 10.1 Å². The standard InChI is InChI=1S/C17H19ClF3N5O3/c18-16-22-15(26(28)29)11-25(16)10-14(27)9-23-5-7-24(8-6-23)13-3-1-12(2-4-13)17(19,20)21/h1-4,11,14,27H,5-10H2. The van der Waals surface area contributed by atoms with Gasteiger partial charge in [0, 0.05) is 38.4 Å². The molecule has 158 valence electrons. The number of rotatable bonds is 6. The number of imidazole rings is 1. The number of aliphatic hydroxyl groups is 1. The molecule has 1 N–H and O–H groups in total. The van der Waals surface area contributed by atoms with Gasteiger partial charge in [0.15, 0.2) is 0 Å². The predicted molar refractivity (Wildman–Crippen MR) is 100.0 cm³/mol. The number of halogens is 4. The van der Waals surface area contributed by atoms with Gasteiger partial charge in [-0.1, -0.05) is 0 Å². The Bertz CT molecular complexity index is 851. The monoisotopic (exact) mass is 433 g/mol. The highest BCUT2D eigenvalue weighted by molar-refractivity contribution is 6.28. The average Bonchev–Trinajstić information content (AvgIpc) is 3.02. The largest absolute Gasteiger partial charge is 0.416 e. The van der Waals surface area contributed by atoms with Gasteiger partial charge in [-0.2, -0.15) is 13.2 Å². The fourth-order valence-electron chi connectivity index (χ4n) is 3.23. The molecule has 3 rings (SSSR count). The third-order valence-electron chi connectivity index (χ3n) is 4.71. The molecule has 12 heteroatoms. The molecule has 1 aromatic heterocycles. The number of aliphatic hydroxyl groups excluding tert-OH is 1. The fraction of sp³-hybridized carbons (Fsp3) is 0.471. The second-order valence-corrected chi connectivity index (χ2v) is 7.10. The molecule has 1 aromatic carbocycles. The lowest BCUT2D eigenvalue weighted by Gasteiger charge is -2.37. The van der Waals surface area contributed by atoms with E-state index in [2.05, 4.69) is 4.98 Å². The first-order valence-electron chi connectivity index (χ1n) is 8.83. The van der Waals surface area contributed by atoms with Gasteiger partial charge in [0.25, 0.3) is 0 Å². The van der Waals surface area contributed by atoms with Crippen LogP contribution in [0.15, 0.2) is 30.5 Å². The van der Waals surface area contributed by atoms with Crippen molar-refractivity contribution in [1.29, 1.82) is 0 Å². The van der Waals surface area contributed by atoms with Gasteiger partial charge < -0.3 is 20.1 Å². The smallest absolute Gasteiger partial charge is 0.390 e. The first-order chi connectivity index (χ1) is 13.6. The number of aromatic nitrogens is 2. The number of benzene rings is 1. The van der Waals surface area contributed by atoms with Crippen molar-refractivity contribution in [3.05, 3.63) is 51.4 Å². The Hall–Kier alpha value is -2.37. The zero-order valence-electron chi connectivity index (χ0n) is 15.2. The van der Waals surface area contributed by atoms with Crippen LogP contribution in [0.2, 0.25) is 5.28 Å². The SMILES string of the molecule is O=[N+]([O-])c1cn(CC(O)CN2CCN(c3ccc(C(F)(F)F)cc3)CC2)c(Cl)n1. The third kappa shape index (κ3) is 5.37. The molecule has 1 aliphatic rings. The Morgan fingerprint density at radius 2 is 1.79 bits per heavy atom. The lowest BCUT2D eigenvalue weighted by Crippen LogP contribution is -2.49. The fourth-order valence-corrected chi connectivity index (χ4v) is 3.43. The summed E-state index contributed by atoms with van der Waals surface area (Å²) >= 11 is 5.85. The van der Waals surface area contributed by atoms with Crippen LogP contribution in [0.3, 0.4) is 0 Å². The highest BCUT2D eigenvalue weighted by Gasteiger charge is 2.30. The molecule has 0 bridgehead atoms. The molecule has 0 spiro atoms. The van der Waals surface area contributed by atoms with Crippen molar-refractivity contribution >= 4 is 23.1 Å². The first-order valence-corrected chi connectivity index (χ1v) is 9.21. The van der Waals surface area contributed by atoms with E-state index >= 15 is 0 Å². The molecule has 0 radical (unpaired) electrons. The highest BCUT2D eigenvalue weighted by Crippen LogP contribution is 2.30. The Morgan fingerprint density at radius 1 is 1.17 bits per heavy atom. The molecule has 1 aliphatic heterocycles. The summed E-state index contributed by atoms with van der Waals surface area (Å²) in [5.74, 6) is -0.382. The third-order valence-corrected chi connectivity index (χ3v) is 5.01. The van der Waals surface area contributed by atoms with Gasteiger partial charge in [-0.3, -0.25) is 9.47 Å². The van der Waals surface area contributed by atoms with Crippen LogP contribution < -0.4 is 4.90 Å². The normalized spacial score (nSPS) is 16.8. The molecule has 0 amide bonds. The van der Waals surface area contributed by atoms with E-state index in [-0.39, 0.29) is 17.6 Å². The van der Waals surface area contributed by atoms with Crippen LogP contribution >= 0.6 is 11.6 Å². The lowest BCUT2D eigenvalue weighted by atomic mass is 10.1. The van der Waals surface area contributed by atoms with Crippen molar-refractivity contribution in [2.75, 3.05) is 37.6 Å². The van der Waals surface area contributed by atoms with E-state index in [9.17, 15) is 28.4 Å². The summed E-state index contributed by atoms with van der Waals surface area (Å²) in [6.45, 7) is 2.86. The number of piperazine rings is 1. The Morgan fingerprint density at radius 3 is 2.31 bits per heavy atom. The second-order valence-electron chi connectivity index (χ2n) is 6.76. The minimum Gasteiger partial charge on any atom is -0.390 e. The van der Waals surface area contributed by atoms with Gasteiger partial charge >= 0.3 is 17.3 Å². The molecule has 8 nitrogen and oxygen atoms in total. The van der Waals surface area contributed by atoms with Crippen LogP contribution in [-0.4, -0.2) is 63.3 Å². The summed E-state index contributed by atoms with van der Waals surface area (Å²) in [6, 6.07) is 5.06. The van der Waals surface area contributed by atoms with Crippen molar-refractivity contribution in [2.45, 2.75) is 18.8 Å². The minimum absolute atomic E-state index is 0.0668.